The number of rotatable bonds is 1. The molecule has 1 aliphatic carbocycles. The Kier molecular flexibility index (Phi) is 1.77. The number of nitrogens with two attached hydrogens (primary N) is 1. The van der Waals surface area contributed by atoms with Crippen molar-refractivity contribution in [3.05, 3.63) is 29.2 Å². The topological polar surface area (TPSA) is 83.4 Å². The number of aromatic amines is 2. The van der Waals surface area contributed by atoms with Crippen LogP contribution in [0.4, 0.5) is 5.82 Å². The van der Waals surface area contributed by atoms with Gasteiger partial charge in [0.2, 0.25) is 0 Å². The smallest absolute Gasteiger partial charge is 0.145 e. The summed E-state index contributed by atoms with van der Waals surface area (Å²) in [6.45, 7) is 0. The quantitative estimate of drug-likeness (QED) is 0.646. The molecule has 4 N–H and O–H groups in total. The number of aromatic nitrogens is 4. The lowest BCUT2D eigenvalue weighted by atomic mass is 9.86. The van der Waals surface area contributed by atoms with Crippen LogP contribution in [0.15, 0.2) is 12.3 Å². The van der Waals surface area contributed by atoms with Gasteiger partial charge in [0.15, 0.2) is 0 Å². The highest BCUT2D eigenvalue weighted by Crippen LogP contribution is 2.30. The van der Waals surface area contributed by atoms with E-state index < -0.39 is 0 Å². The number of nitrogens with zero attached hydrogens (tertiary/aromatic N) is 2. The first kappa shape index (κ1) is 8.52. The molecule has 2 aromatic heterocycles. The molecular formula is C10H13N5. The zero-order valence-corrected chi connectivity index (χ0v) is 8.33. The molecule has 1 unspecified atom stereocenters. The number of hydrogen-bond acceptors (Lipinski definition) is 3. The maximum absolute atomic E-state index is 5.60. The first-order valence-electron chi connectivity index (χ1n) is 5.15. The van der Waals surface area contributed by atoms with Gasteiger partial charge in [0.1, 0.15) is 5.82 Å². The molecule has 0 saturated heterocycles. The summed E-state index contributed by atoms with van der Waals surface area (Å²) in [7, 11) is 0. The van der Waals surface area contributed by atoms with Gasteiger partial charge < -0.3 is 5.73 Å². The lowest BCUT2D eigenvalue weighted by molar-refractivity contribution is 0.563. The number of hydrogen-bond donors (Lipinski definition) is 3. The number of nitrogens with one attached hydrogen (secondary N) is 2. The van der Waals surface area contributed by atoms with Crippen LogP contribution in [-0.2, 0) is 12.8 Å². The number of anilines is 1. The lowest BCUT2D eigenvalue weighted by Crippen LogP contribution is -2.12. The third-order valence-corrected chi connectivity index (χ3v) is 3.08. The van der Waals surface area contributed by atoms with Crippen molar-refractivity contribution in [2.24, 2.45) is 0 Å². The summed E-state index contributed by atoms with van der Waals surface area (Å²) >= 11 is 0. The molecule has 5 nitrogen and oxygen atoms in total. The second kappa shape index (κ2) is 3.12. The van der Waals surface area contributed by atoms with E-state index in [0.29, 0.717) is 11.7 Å². The van der Waals surface area contributed by atoms with Crippen molar-refractivity contribution in [3.8, 4) is 0 Å². The first-order chi connectivity index (χ1) is 7.33. The fourth-order valence-corrected chi connectivity index (χ4v) is 2.24. The third-order valence-electron chi connectivity index (χ3n) is 3.08. The molecule has 0 fully saturated rings. The fourth-order valence-electron chi connectivity index (χ4n) is 2.24. The molecule has 78 valence electrons. The molecule has 1 aliphatic rings. The molecule has 2 aromatic rings. The van der Waals surface area contributed by atoms with Crippen molar-refractivity contribution in [1.29, 1.82) is 0 Å². The highest BCUT2D eigenvalue weighted by atomic mass is 15.2. The standard InChI is InChI=1S/C10H13N5/c11-10-4-9(14-15-10)6-1-2-7-5-12-13-8(7)3-6/h4-6H,1-3H2,(H,12,13)(H3,11,14,15). The molecule has 0 aliphatic heterocycles. The van der Waals surface area contributed by atoms with Crippen molar-refractivity contribution in [2.45, 2.75) is 25.2 Å². The number of nitrogen functional groups attached to an aromatic ring is 1. The maximum atomic E-state index is 5.60. The molecule has 15 heavy (non-hydrogen) atoms. The maximum Gasteiger partial charge on any atom is 0.145 e. The van der Waals surface area contributed by atoms with Gasteiger partial charge in [-0.05, 0) is 24.8 Å². The van der Waals surface area contributed by atoms with Gasteiger partial charge in [0.05, 0.1) is 6.20 Å². The Morgan fingerprint density at radius 1 is 1.40 bits per heavy atom. The van der Waals surface area contributed by atoms with Crippen LogP contribution in [0, 0.1) is 0 Å². The van der Waals surface area contributed by atoms with Crippen molar-refractivity contribution in [1.82, 2.24) is 20.4 Å². The Bertz CT molecular complexity index is 470. The monoisotopic (exact) mass is 203 g/mol. The second-order valence-corrected chi connectivity index (χ2v) is 4.06. The number of aryl methyl sites for hydroxylation is 1. The SMILES string of the molecule is Nc1cc(C2CCc3cn[nH]c3C2)[nH]n1. The van der Waals surface area contributed by atoms with Gasteiger partial charge in [0.25, 0.3) is 0 Å². The van der Waals surface area contributed by atoms with Gasteiger partial charge >= 0.3 is 0 Å². The van der Waals surface area contributed by atoms with E-state index in [9.17, 15) is 0 Å². The van der Waals surface area contributed by atoms with Crippen LogP contribution in [-0.4, -0.2) is 20.4 Å². The highest BCUT2D eigenvalue weighted by molar-refractivity contribution is 5.32. The van der Waals surface area contributed by atoms with Gasteiger partial charge in [-0.15, -0.1) is 0 Å². The molecule has 2 heterocycles. The largest absolute Gasteiger partial charge is 0.382 e. The van der Waals surface area contributed by atoms with Crippen LogP contribution in [0.2, 0.25) is 0 Å². The molecule has 0 bridgehead atoms. The minimum atomic E-state index is 0.489. The molecule has 0 radical (unpaired) electrons. The van der Waals surface area contributed by atoms with E-state index in [1.807, 2.05) is 12.3 Å². The van der Waals surface area contributed by atoms with Gasteiger partial charge in [-0.1, -0.05) is 0 Å². The molecule has 5 heteroatoms. The molecule has 0 aromatic carbocycles. The van der Waals surface area contributed by atoms with E-state index in [4.69, 9.17) is 5.73 Å². The van der Waals surface area contributed by atoms with E-state index in [0.717, 1.165) is 25.0 Å². The average molecular weight is 203 g/mol. The Hall–Kier alpha value is -1.78. The minimum Gasteiger partial charge on any atom is -0.382 e. The fraction of sp³-hybridized carbons (Fsp3) is 0.400. The summed E-state index contributed by atoms with van der Waals surface area (Å²) < 4.78 is 0. The van der Waals surface area contributed by atoms with Crippen molar-refractivity contribution < 1.29 is 0 Å². The predicted molar refractivity (Wildman–Crippen MR) is 56.4 cm³/mol. The summed E-state index contributed by atoms with van der Waals surface area (Å²) in [5, 5.41) is 14.1. The zero-order valence-electron chi connectivity index (χ0n) is 8.33. The summed E-state index contributed by atoms with van der Waals surface area (Å²) in [6.07, 6.45) is 5.13. The summed E-state index contributed by atoms with van der Waals surface area (Å²) in [4.78, 5) is 0. The van der Waals surface area contributed by atoms with Gasteiger partial charge in [-0.25, -0.2) is 0 Å². The Morgan fingerprint density at radius 2 is 2.33 bits per heavy atom. The van der Waals surface area contributed by atoms with E-state index in [1.165, 1.54) is 11.3 Å². The third kappa shape index (κ3) is 1.40. The van der Waals surface area contributed by atoms with Crippen LogP contribution < -0.4 is 5.73 Å². The van der Waals surface area contributed by atoms with Crippen molar-refractivity contribution in [2.75, 3.05) is 5.73 Å². The van der Waals surface area contributed by atoms with E-state index >= 15 is 0 Å². The van der Waals surface area contributed by atoms with Crippen molar-refractivity contribution >= 4 is 5.82 Å². The van der Waals surface area contributed by atoms with E-state index in [-0.39, 0.29) is 0 Å². The number of fused-ring (bicyclic) bond motifs is 1. The molecule has 3 rings (SSSR count). The summed E-state index contributed by atoms with van der Waals surface area (Å²) in [6, 6.07) is 1.92. The van der Waals surface area contributed by atoms with E-state index in [1.54, 1.807) is 0 Å². The average Bonchev–Trinajstić information content (AvgIpc) is 2.84. The van der Waals surface area contributed by atoms with Crippen LogP contribution in [0.25, 0.3) is 0 Å². The van der Waals surface area contributed by atoms with Crippen LogP contribution in [0.5, 0.6) is 0 Å². The van der Waals surface area contributed by atoms with Crippen LogP contribution in [0.3, 0.4) is 0 Å². The lowest BCUT2D eigenvalue weighted by Gasteiger charge is -2.19. The second-order valence-electron chi connectivity index (χ2n) is 4.06. The van der Waals surface area contributed by atoms with Gasteiger partial charge in [-0.2, -0.15) is 10.2 Å². The van der Waals surface area contributed by atoms with Crippen LogP contribution in [0.1, 0.15) is 29.3 Å². The van der Waals surface area contributed by atoms with Gasteiger partial charge in [-0.3, -0.25) is 10.2 Å². The predicted octanol–water partition coefficient (Wildman–Crippen LogP) is 0.987. The molecule has 0 spiro atoms. The van der Waals surface area contributed by atoms with E-state index in [2.05, 4.69) is 20.4 Å². The minimum absolute atomic E-state index is 0.489. The Morgan fingerprint density at radius 3 is 3.13 bits per heavy atom. The summed E-state index contributed by atoms with van der Waals surface area (Å²) in [5.74, 6) is 1.06. The zero-order chi connectivity index (χ0) is 10.3. The molecule has 1 atom stereocenters. The van der Waals surface area contributed by atoms with Gasteiger partial charge in [0, 0.05) is 23.4 Å². The van der Waals surface area contributed by atoms with Crippen molar-refractivity contribution in [3.63, 3.8) is 0 Å². The van der Waals surface area contributed by atoms with Crippen LogP contribution >= 0.6 is 0 Å². The molecule has 0 saturated carbocycles. The molecule has 0 amide bonds. The summed E-state index contributed by atoms with van der Waals surface area (Å²) in [5.41, 5.74) is 9.33. The first-order valence-corrected chi connectivity index (χ1v) is 5.15. The molecular weight excluding hydrogens is 190 g/mol. The highest BCUT2D eigenvalue weighted by Gasteiger charge is 2.22. The Labute approximate surface area is 87.1 Å². The normalized spacial score (nSPS) is 20.1. The number of H-pyrrole nitrogens is 2. The Balaban J connectivity index is 1.87.